The van der Waals surface area contributed by atoms with E-state index in [0.717, 1.165) is 24.4 Å². The van der Waals surface area contributed by atoms with Gasteiger partial charge in [0.15, 0.2) is 0 Å². The molecular formula is C13H28N2. The molecule has 1 aliphatic heterocycles. The first-order valence-electron chi connectivity index (χ1n) is 6.47. The highest BCUT2D eigenvalue weighted by molar-refractivity contribution is 4.82. The number of likely N-dealkylation sites (tertiary alicyclic amines) is 1. The van der Waals surface area contributed by atoms with Crippen LogP contribution in [0.3, 0.4) is 0 Å². The molecule has 1 aliphatic rings. The van der Waals surface area contributed by atoms with Crippen molar-refractivity contribution in [2.75, 3.05) is 19.6 Å². The lowest BCUT2D eigenvalue weighted by Crippen LogP contribution is -2.35. The third kappa shape index (κ3) is 4.12. The summed E-state index contributed by atoms with van der Waals surface area (Å²) in [5.41, 5.74) is 5.85. The molecule has 0 aromatic rings. The van der Waals surface area contributed by atoms with E-state index < -0.39 is 0 Å². The molecule has 2 N–H and O–H groups in total. The van der Waals surface area contributed by atoms with Gasteiger partial charge in [-0.1, -0.05) is 20.8 Å². The Hall–Kier alpha value is -0.0800. The third-order valence-corrected chi connectivity index (χ3v) is 3.54. The lowest BCUT2D eigenvalue weighted by molar-refractivity contribution is 0.209. The molecule has 0 aliphatic carbocycles. The maximum atomic E-state index is 5.85. The smallest absolute Gasteiger partial charge is 0.00701 e. The molecule has 15 heavy (non-hydrogen) atoms. The molecule has 90 valence electrons. The molecule has 0 saturated carbocycles. The van der Waals surface area contributed by atoms with Crippen molar-refractivity contribution < 1.29 is 0 Å². The summed E-state index contributed by atoms with van der Waals surface area (Å²) in [7, 11) is 0. The summed E-state index contributed by atoms with van der Waals surface area (Å²) in [5.74, 6) is 2.34. The van der Waals surface area contributed by atoms with E-state index in [2.05, 4.69) is 32.6 Å². The van der Waals surface area contributed by atoms with Crippen molar-refractivity contribution in [1.82, 2.24) is 4.90 Å². The minimum Gasteiger partial charge on any atom is -0.330 e. The molecule has 3 atom stereocenters. The Kier molecular flexibility index (Phi) is 5.07. The molecule has 0 aromatic carbocycles. The van der Waals surface area contributed by atoms with Crippen LogP contribution in [-0.4, -0.2) is 30.6 Å². The van der Waals surface area contributed by atoms with Gasteiger partial charge in [0.05, 0.1) is 0 Å². The van der Waals surface area contributed by atoms with Crippen LogP contribution in [0.2, 0.25) is 0 Å². The monoisotopic (exact) mass is 212 g/mol. The van der Waals surface area contributed by atoms with Crippen molar-refractivity contribution in [2.24, 2.45) is 23.5 Å². The van der Waals surface area contributed by atoms with Crippen LogP contribution < -0.4 is 5.73 Å². The van der Waals surface area contributed by atoms with Crippen molar-refractivity contribution in [3.63, 3.8) is 0 Å². The van der Waals surface area contributed by atoms with Gasteiger partial charge in [-0.25, -0.2) is 0 Å². The molecule has 1 heterocycles. The van der Waals surface area contributed by atoms with Gasteiger partial charge in [-0.2, -0.15) is 0 Å². The van der Waals surface area contributed by atoms with Crippen molar-refractivity contribution in [3.05, 3.63) is 0 Å². The summed E-state index contributed by atoms with van der Waals surface area (Å²) < 4.78 is 0. The second-order valence-corrected chi connectivity index (χ2v) is 5.88. The number of nitrogens with two attached hydrogens (primary N) is 1. The SMILES string of the molecule is CC(C)CC(CN)CN1CC(C)CC1C. The molecule has 0 amide bonds. The minimum absolute atomic E-state index is 0.692. The van der Waals surface area contributed by atoms with Gasteiger partial charge in [-0.15, -0.1) is 0 Å². The van der Waals surface area contributed by atoms with E-state index in [-0.39, 0.29) is 0 Å². The van der Waals surface area contributed by atoms with Gasteiger partial charge in [0.1, 0.15) is 0 Å². The molecule has 3 unspecified atom stereocenters. The van der Waals surface area contributed by atoms with E-state index in [0.29, 0.717) is 5.92 Å². The van der Waals surface area contributed by atoms with E-state index >= 15 is 0 Å². The fourth-order valence-electron chi connectivity index (χ4n) is 2.88. The number of hydrogen-bond acceptors (Lipinski definition) is 2. The Morgan fingerprint density at radius 3 is 2.40 bits per heavy atom. The zero-order chi connectivity index (χ0) is 11.4. The standard InChI is InChI=1S/C13H28N2/c1-10(2)5-13(7-14)9-15-8-11(3)6-12(15)4/h10-13H,5-9,14H2,1-4H3. The van der Waals surface area contributed by atoms with Gasteiger partial charge in [0.2, 0.25) is 0 Å². The molecule has 0 radical (unpaired) electrons. The van der Waals surface area contributed by atoms with Crippen LogP contribution in [0.1, 0.15) is 40.5 Å². The molecule has 1 fully saturated rings. The van der Waals surface area contributed by atoms with E-state index in [9.17, 15) is 0 Å². The maximum absolute atomic E-state index is 5.85. The molecule has 1 saturated heterocycles. The van der Waals surface area contributed by atoms with Gasteiger partial charge >= 0.3 is 0 Å². The summed E-state index contributed by atoms with van der Waals surface area (Å²) >= 11 is 0. The van der Waals surface area contributed by atoms with Crippen molar-refractivity contribution >= 4 is 0 Å². The first-order chi connectivity index (χ1) is 7.02. The first-order valence-corrected chi connectivity index (χ1v) is 6.47. The normalized spacial score (nSPS) is 30.0. The Balaban J connectivity index is 2.37. The Morgan fingerprint density at radius 1 is 1.33 bits per heavy atom. The Bertz CT molecular complexity index is 179. The van der Waals surface area contributed by atoms with Crippen LogP contribution >= 0.6 is 0 Å². The van der Waals surface area contributed by atoms with Crippen molar-refractivity contribution in [1.29, 1.82) is 0 Å². The molecular weight excluding hydrogens is 184 g/mol. The molecule has 1 rings (SSSR count). The van der Waals surface area contributed by atoms with Crippen LogP contribution in [0.15, 0.2) is 0 Å². The minimum atomic E-state index is 0.692. The fourth-order valence-corrected chi connectivity index (χ4v) is 2.88. The van der Waals surface area contributed by atoms with Gasteiger partial charge in [-0.3, -0.25) is 0 Å². The summed E-state index contributed by atoms with van der Waals surface area (Å²) in [6.07, 6.45) is 2.63. The fraction of sp³-hybridized carbons (Fsp3) is 1.00. The second-order valence-electron chi connectivity index (χ2n) is 5.88. The topological polar surface area (TPSA) is 29.3 Å². The van der Waals surface area contributed by atoms with Crippen LogP contribution in [-0.2, 0) is 0 Å². The lowest BCUT2D eigenvalue weighted by Gasteiger charge is -2.27. The van der Waals surface area contributed by atoms with Crippen LogP contribution in [0.5, 0.6) is 0 Å². The summed E-state index contributed by atoms with van der Waals surface area (Å²) in [6.45, 7) is 12.6. The summed E-state index contributed by atoms with van der Waals surface area (Å²) in [6, 6.07) is 0.765. The molecule has 2 nitrogen and oxygen atoms in total. The second kappa shape index (κ2) is 5.86. The van der Waals surface area contributed by atoms with Crippen LogP contribution in [0.25, 0.3) is 0 Å². The van der Waals surface area contributed by atoms with E-state index in [1.165, 1.54) is 25.9 Å². The number of hydrogen-bond donors (Lipinski definition) is 1. The highest BCUT2D eigenvalue weighted by Crippen LogP contribution is 2.24. The Morgan fingerprint density at radius 2 is 2.00 bits per heavy atom. The van der Waals surface area contributed by atoms with E-state index in [4.69, 9.17) is 5.73 Å². The van der Waals surface area contributed by atoms with Crippen molar-refractivity contribution in [2.45, 2.75) is 46.6 Å². The van der Waals surface area contributed by atoms with Crippen molar-refractivity contribution in [3.8, 4) is 0 Å². The zero-order valence-corrected chi connectivity index (χ0v) is 10.9. The first kappa shape index (κ1) is 13.0. The third-order valence-electron chi connectivity index (χ3n) is 3.54. The van der Waals surface area contributed by atoms with E-state index in [1.807, 2.05) is 0 Å². The average molecular weight is 212 g/mol. The van der Waals surface area contributed by atoms with Gasteiger partial charge in [-0.05, 0) is 44.1 Å². The predicted molar refractivity (Wildman–Crippen MR) is 66.8 cm³/mol. The maximum Gasteiger partial charge on any atom is 0.00701 e. The largest absolute Gasteiger partial charge is 0.330 e. The highest BCUT2D eigenvalue weighted by atomic mass is 15.2. The van der Waals surface area contributed by atoms with Crippen LogP contribution in [0, 0.1) is 17.8 Å². The molecule has 2 heteroatoms. The summed E-state index contributed by atoms with van der Waals surface area (Å²) in [5, 5.41) is 0. The highest BCUT2D eigenvalue weighted by Gasteiger charge is 2.27. The molecule has 0 spiro atoms. The van der Waals surface area contributed by atoms with Gasteiger partial charge < -0.3 is 10.6 Å². The van der Waals surface area contributed by atoms with Gasteiger partial charge in [0.25, 0.3) is 0 Å². The molecule has 0 aromatic heterocycles. The number of nitrogens with zero attached hydrogens (tertiary/aromatic N) is 1. The average Bonchev–Trinajstić information content (AvgIpc) is 2.43. The predicted octanol–water partition coefficient (Wildman–Crippen LogP) is 2.34. The zero-order valence-electron chi connectivity index (χ0n) is 10.9. The quantitative estimate of drug-likeness (QED) is 0.758. The summed E-state index contributed by atoms with van der Waals surface area (Å²) in [4.78, 5) is 2.63. The number of rotatable bonds is 5. The van der Waals surface area contributed by atoms with Crippen LogP contribution in [0.4, 0.5) is 0 Å². The van der Waals surface area contributed by atoms with Gasteiger partial charge in [0, 0.05) is 19.1 Å². The van der Waals surface area contributed by atoms with E-state index in [1.54, 1.807) is 0 Å². The lowest BCUT2D eigenvalue weighted by atomic mass is 9.96. The molecule has 0 bridgehead atoms. The Labute approximate surface area is 95.2 Å².